The van der Waals surface area contributed by atoms with E-state index in [-0.39, 0.29) is 23.0 Å². The second-order valence-electron chi connectivity index (χ2n) is 6.80. The standard InChI is InChI=1S/C19H20ClFN6O2/c1-4-26(5-2)9-14-23-18(24-29-14)17-13-8-25(3)19(28)15-12(27(13)10-22-17)7-6-11(21)16(15)20/h6-7,10H,4-5,8-9H2,1-3H3. The van der Waals surface area contributed by atoms with E-state index in [1.807, 2.05) is 0 Å². The van der Waals surface area contributed by atoms with Crippen LogP contribution in [-0.4, -0.2) is 55.5 Å². The number of rotatable bonds is 5. The molecule has 0 saturated carbocycles. The molecule has 1 aromatic carbocycles. The number of carbonyl (C=O) groups is 1. The van der Waals surface area contributed by atoms with Crippen molar-refractivity contribution in [3.63, 3.8) is 0 Å². The summed E-state index contributed by atoms with van der Waals surface area (Å²) >= 11 is 6.11. The van der Waals surface area contributed by atoms with E-state index >= 15 is 0 Å². The van der Waals surface area contributed by atoms with Crippen molar-refractivity contribution in [3.8, 4) is 17.2 Å². The van der Waals surface area contributed by atoms with Crippen molar-refractivity contribution < 1.29 is 13.7 Å². The van der Waals surface area contributed by atoms with E-state index in [9.17, 15) is 9.18 Å². The van der Waals surface area contributed by atoms with Crippen LogP contribution in [0.2, 0.25) is 5.02 Å². The Balaban J connectivity index is 1.79. The summed E-state index contributed by atoms with van der Waals surface area (Å²) in [6.45, 7) is 6.65. The number of amides is 1. The van der Waals surface area contributed by atoms with Crippen LogP contribution in [0.15, 0.2) is 23.0 Å². The van der Waals surface area contributed by atoms with Gasteiger partial charge in [0, 0.05) is 7.05 Å². The van der Waals surface area contributed by atoms with Crippen LogP contribution >= 0.6 is 11.6 Å². The Morgan fingerprint density at radius 2 is 2.07 bits per heavy atom. The van der Waals surface area contributed by atoms with E-state index < -0.39 is 5.82 Å². The van der Waals surface area contributed by atoms with E-state index in [1.165, 1.54) is 17.0 Å². The third-order valence-corrected chi connectivity index (χ3v) is 5.45. The molecule has 0 atom stereocenters. The monoisotopic (exact) mass is 418 g/mol. The summed E-state index contributed by atoms with van der Waals surface area (Å²) in [4.78, 5) is 25.3. The lowest BCUT2D eigenvalue weighted by atomic mass is 10.1. The Morgan fingerprint density at radius 1 is 1.31 bits per heavy atom. The van der Waals surface area contributed by atoms with Gasteiger partial charge in [-0.15, -0.1) is 0 Å². The molecule has 0 aliphatic carbocycles. The first kappa shape index (κ1) is 19.5. The molecule has 1 aliphatic rings. The van der Waals surface area contributed by atoms with E-state index in [2.05, 4.69) is 33.9 Å². The van der Waals surface area contributed by atoms with E-state index in [0.717, 1.165) is 13.1 Å². The van der Waals surface area contributed by atoms with Crippen LogP contribution in [0.1, 0.15) is 35.8 Å². The molecule has 0 radical (unpaired) electrons. The molecule has 3 aromatic rings. The molecule has 3 heterocycles. The molecule has 0 saturated heterocycles. The summed E-state index contributed by atoms with van der Waals surface area (Å²) in [5.74, 6) is -0.169. The van der Waals surface area contributed by atoms with Gasteiger partial charge in [0.1, 0.15) is 17.8 Å². The summed E-state index contributed by atoms with van der Waals surface area (Å²) in [6, 6.07) is 2.75. The number of halogens is 2. The summed E-state index contributed by atoms with van der Waals surface area (Å²) in [6.07, 6.45) is 1.56. The van der Waals surface area contributed by atoms with Gasteiger partial charge in [0.05, 0.1) is 35.1 Å². The molecule has 0 fully saturated rings. The van der Waals surface area contributed by atoms with Gasteiger partial charge >= 0.3 is 0 Å². The minimum Gasteiger partial charge on any atom is -0.337 e. The number of fused-ring (bicyclic) bond motifs is 3. The lowest BCUT2D eigenvalue weighted by Crippen LogP contribution is -2.25. The van der Waals surface area contributed by atoms with Gasteiger partial charge in [-0.1, -0.05) is 30.6 Å². The topological polar surface area (TPSA) is 80.3 Å². The highest BCUT2D eigenvalue weighted by Gasteiger charge is 2.31. The van der Waals surface area contributed by atoms with Crippen molar-refractivity contribution in [3.05, 3.63) is 46.4 Å². The third-order valence-electron chi connectivity index (χ3n) is 5.08. The van der Waals surface area contributed by atoms with Crippen molar-refractivity contribution in [2.24, 2.45) is 0 Å². The molecule has 1 aliphatic heterocycles. The Bertz CT molecular complexity index is 1070. The Kier molecular flexibility index (Phi) is 5.10. The van der Waals surface area contributed by atoms with Crippen molar-refractivity contribution in [2.75, 3.05) is 20.1 Å². The van der Waals surface area contributed by atoms with Gasteiger partial charge in [-0.25, -0.2) is 9.37 Å². The zero-order valence-corrected chi connectivity index (χ0v) is 17.1. The maximum atomic E-state index is 14.0. The fourth-order valence-corrected chi connectivity index (χ4v) is 3.65. The predicted molar refractivity (Wildman–Crippen MR) is 104 cm³/mol. The van der Waals surface area contributed by atoms with Crippen molar-refractivity contribution in [2.45, 2.75) is 26.9 Å². The van der Waals surface area contributed by atoms with Crippen LogP contribution in [0.25, 0.3) is 17.2 Å². The van der Waals surface area contributed by atoms with E-state index in [0.29, 0.717) is 35.3 Å². The SMILES string of the molecule is CCN(CC)Cc1nc(-c2ncn3c2CN(C)C(=O)c2c-3ccc(F)c2Cl)no1. The molecule has 4 rings (SSSR count). The molecule has 0 unspecified atom stereocenters. The van der Waals surface area contributed by atoms with Gasteiger partial charge in [-0.2, -0.15) is 4.98 Å². The summed E-state index contributed by atoms with van der Waals surface area (Å²) in [5, 5.41) is 3.87. The van der Waals surface area contributed by atoms with Crippen LogP contribution in [0, 0.1) is 5.82 Å². The zero-order valence-electron chi connectivity index (χ0n) is 16.3. The molecule has 0 N–H and O–H groups in total. The van der Waals surface area contributed by atoms with Crippen LogP contribution in [0.5, 0.6) is 0 Å². The second-order valence-corrected chi connectivity index (χ2v) is 7.18. The lowest BCUT2D eigenvalue weighted by Gasteiger charge is -2.15. The number of hydrogen-bond acceptors (Lipinski definition) is 6. The molecular formula is C19H20ClFN6O2. The second kappa shape index (κ2) is 7.57. The number of carbonyl (C=O) groups excluding carboxylic acids is 1. The smallest absolute Gasteiger partial charge is 0.257 e. The predicted octanol–water partition coefficient (Wildman–Crippen LogP) is 3.14. The van der Waals surface area contributed by atoms with Gasteiger partial charge in [-0.3, -0.25) is 14.3 Å². The number of hydrogen-bond donors (Lipinski definition) is 0. The number of imidazole rings is 1. The van der Waals surface area contributed by atoms with E-state index in [1.54, 1.807) is 17.9 Å². The van der Waals surface area contributed by atoms with Crippen molar-refractivity contribution >= 4 is 17.5 Å². The molecule has 10 heteroatoms. The quantitative estimate of drug-likeness (QED) is 0.633. The van der Waals surface area contributed by atoms with Crippen LogP contribution in [0.4, 0.5) is 4.39 Å². The first-order valence-corrected chi connectivity index (χ1v) is 9.67. The van der Waals surface area contributed by atoms with Gasteiger partial charge in [0.15, 0.2) is 0 Å². The highest BCUT2D eigenvalue weighted by Crippen LogP contribution is 2.33. The van der Waals surface area contributed by atoms with Crippen molar-refractivity contribution in [1.82, 2.24) is 29.5 Å². The fourth-order valence-electron chi connectivity index (χ4n) is 3.40. The number of aromatic nitrogens is 4. The molecule has 1 amide bonds. The average Bonchev–Trinajstić information content (AvgIpc) is 3.32. The Morgan fingerprint density at radius 3 is 2.79 bits per heavy atom. The minimum atomic E-state index is -0.643. The molecule has 2 aromatic heterocycles. The van der Waals surface area contributed by atoms with Gasteiger partial charge in [-0.05, 0) is 25.2 Å². The minimum absolute atomic E-state index is 0.104. The number of nitrogens with zero attached hydrogens (tertiary/aromatic N) is 6. The molecule has 29 heavy (non-hydrogen) atoms. The first-order chi connectivity index (χ1) is 13.9. The van der Waals surface area contributed by atoms with Crippen LogP contribution in [-0.2, 0) is 13.1 Å². The molecular weight excluding hydrogens is 399 g/mol. The molecule has 8 nitrogen and oxygen atoms in total. The largest absolute Gasteiger partial charge is 0.337 e. The summed E-state index contributed by atoms with van der Waals surface area (Å²) in [5.41, 5.74) is 1.77. The first-order valence-electron chi connectivity index (χ1n) is 9.29. The maximum absolute atomic E-state index is 14.0. The Labute approximate surface area is 171 Å². The normalized spacial score (nSPS) is 13.6. The highest BCUT2D eigenvalue weighted by atomic mass is 35.5. The number of benzene rings is 1. The van der Waals surface area contributed by atoms with Crippen LogP contribution < -0.4 is 0 Å². The summed E-state index contributed by atoms with van der Waals surface area (Å²) in [7, 11) is 1.63. The van der Waals surface area contributed by atoms with Crippen molar-refractivity contribution in [1.29, 1.82) is 0 Å². The summed E-state index contributed by atoms with van der Waals surface area (Å²) < 4.78 is 21.1. The zero-order chi connectivity index (χ0) is 20.7. The van der Waals surface area contributed by atoms with Gasteiger partial charge < -0.3 is 9.42 Å². The fraction of sp³-hybridized carbons (Fsp3) is 0.368. The molecule has 0 spiro atoms. The van der Waals surface area contributed by atoms with E-state index in [4.69, 9.17) is 16.1 Å². The molecule has 0 bridgehead atoms. The third kappa shape index (κ3) is 3.30. The van der Waals surface area contributed by atoms with Crippen LogP contribution in [0.3, 0.4) is 0 Å². The lowest BCUT2D eigenvalue weighted by molar-refractivity contribution is 0.0788. The maximum Gasteiger partial charge on any atom is 0.257 e. The molecule has 152 valence electrons. The highest BCUT2D eigenvalue weighted by molar-refractivity contribution is 6.34. The van der Waals surface area contributed by atoms with Gasteiger partial charge in [0.2, 0.25) is 11.7 Å². The van der Waals surface area contributed by atoms with Gasteiger partial charge in [0.25, 0.3) is 5.91 Å². The Hall–Kier alpha value is -2.78. The average molecular weight is 419 g/mol.